The zero-order valence-corrected chi connectivity index (χ0v) is 15.3. The average Bonchev–Trinajstić information content (AvgIpc) is 3.17. The summed E-state index contributed by atoms with van der Waals surface area (Å²) < 4.78 is 10.7. The van der Waals surface area contributed by atoms with Crippen LogP contribution in [0.1, 0.15) is 44.9 Å². The fourth-order valence-electron chi connectivity index (χ4n) is 6.70. The van der Waals surface area contributed by atoms with Crippen LogP contribution in [-0.4, -0.2) is 30.2 Å². The minimum absolute atomic E-state index is 0.0697. The monoisotopic (exact) mass is 368 g/mol. The standard InChI is InChI=1S/C21H24N2O4/c24-19-7-16(22-21-8-12-3-13(9-21)5-14(4-12)10-21)20(25)23(19)15-1-2-17-18(6-15)27-11-26-17/h1-2,6,12-14,16,22H,3-5,7-11H2/t12?,13?,14?,16-,21?/m0/s1. The maximum Gasteiger partial charge on any atom is 0.251 e. The van der Waals surface area contributed by atoms with Crippen molar-refractivity contribution in [1.82, 2.24) is 5.32 Å². The minimum Gasteiger partial charge on any atom is -0.454 e. The number of benzene rings is 1. The minimum atomic E-state index is -0.404. The first kappa shape index (κ1) is 15.9. The van der Waals surface area contributed by atoms with Gasteiger partial charge in [0.2, 0.25) is 12.7 Å². The van der Waals surface area contributed by atoms with E-state index in [1.807, 2.05) is 0 Å². The molecule has 4 aliphatic carbocycles. The molecule has 2 amide bonds. The van der Waals surface area contributed by atoms with Gasteiger partial charge in [0.1, 0.15) is 0 Å². The molecule has 4 bridgehead atoms. The second-order valence-corrected chi connectivity index (χ2v) is 9.20. The van der Waals surface area contributed by atoms with Gasteiger partial charge in [-0.05, 0) is 68.4 Å². The Balaban J connectivity index is 1.24. The van der Waals surface area contributed by atoms with Gasteiger partial charge in [-0.15, -0.1) is 0 Å². The number of anilines is 1. The van der Waals surface area contributed by atoms with Crippen LogP contribution in [0.25, 0.3) is 0 Å². The lowest BCUT2D eigenvalue weighted by Gasteiger charge is -2.57. The van der Waals surface area contributed by atoms with Gasteiger partial charge >= 0.3 is 0 Å². The molecular weight excluding hydrogens is 344 g/mol. The number of imide groups is 1. The van der Waals surface area contributed by atoms with Crippen LogP contribution in [0.15, 0.2) is 18.2 Å². The van der Waals surface area contributed by atoms with E-state index in [1.165, 1.54) is 43.4 Å². The van der Waals surface area contributed by atoms with Crippen LogP contribution >= 0.6 is 0 Å². The Hall–Kier alpha value is -2.08. The van der Waals surface area contributed by atoms with Gasteiger partial charge in [0.05, 0.1) is 18.2 Å². The molecule has 0 radical (unpaired) electrons. The molecule has 1 N–H and O–H groups in total. The number of hydrogen-bond donors (Lipinski definition) is 1. The predicted molar refractivity (Wildman–Crippen MR) is 97.5 cm³/mol. The Morgan fingerprint density at radius 3 is 2.33 bits per heavy atom. The molecular formula is C21H24N2O4. The SMILES string of the molecule is O=C1C[C@H](NC23CC4CC(CC(C4)C2)C3)C(=O)N1c1ccc2c(c1)OCO2. The summed E-state index contributed by atoms with van der Waals surface area (Å²) in [5, 5.41) is 3.69. The highest BCUT2D eigenvalue weighted by atomic mass is 16.7. The average molecular weight is 368 g/mol. The van der Waals surface area contributed by atoms with E-state index in [2.05, 4.69) is 5.32 Å². The summed E-state index contributed by atoms with van der Waals surface area (Å²) in [6.45, 7) is 0.177. The molecule has 142 valence electrons. The van der Waals surface area contributed by atoms with Crippen LogP contribution in [0.2, 0.25) is 0 Å². The molecule has 0 aromatic heterocycles. The number of ether oxygens (including phenoxy) is 2. The summed E-state index contributed by atoms with van der Waals surface area (Å²) in [7, 11) is 0. The quantitative estimate of drug-likeness (QED) is 0.831. The molecule has 6 aliphatic rings. The molecule has 4 saturated carbocycles. The number of carbonyl (C=O) groups excluding carboxylic acids is 2. The first-order valence-corrected chi connectivity index (χ1v) is 10.1. The Kier molecular flexibility index (Phi) is 3.23. The molecule has 0 unspecified atom stereocenters. The zero-order chi connectivity index (χ0) is 18.2. The van der Waals surface area contributed by atoms with Gasteiger partial charge in [-0.1, -0.05) is 0 Å². The molecule has 2 aliphatic heterocycles. The molecule has 1 atom stereocenters. The molecule has 27 heavy (non-hydrogen) atoms. The lowest BCUT2D eigenvalue weighted by molar-refractivity contribution is -0.122. The topological polar surface area (TPSA) is 67.9 Å². The van der Waals surface area contributed by atoms with E-state index in [1.54, 1.807) is 18.2 Å². The third kappa shape index (κ3) is 2.42. The Labute approximate surface area is 158 Å². The predicted octanol–water partition coefficient (Wildman–Crippen LogP) is 2.61. The summed E-state index contributed by atoms with van der Waals surface area (Å²) in [5.74, 6) is 3.39. The number of hydrogen-bond acceptors (Lipinski definition) is 5. The number of carbonyl (C=O) groups is 2. The normalized spacial score (nSPS) is 38.9. The highest BCUT2D eigenvalue weighted by Crippen LogP contribution is 2.56. The van der Waals surface area contributed by atoms with Crippen molar-refractivity contribution < 1.29 is 19.1 Å². The van der Waals surface area contributed by atoms with Crippen LogP contribution in [-0.2, 0) is 9.59 Å². The van der Waals surface area contributed by atoms with Crippen LogP contribution in [0.5, 0.6) is 11.5 Å². The van der Waals surface area contributed by atoms with Crippen molar-refractivity contribution in [2.45, 2.75) is 56.5 Å². The molecule has 1 aromatic rings. The molecule has 2 heterocycles. The molecule has 6 heteroatoms. The zero-order valence-electron chi connectivity index (χ0n) is 15.3. The van der Waals surface area contributed by atoms with E-state index < -0.39 is 6.04 Å². The van der Waals surface area contributed by atoms with Crippen LogP contribution in [0, 0.1) is 17.8 Å². The largest absolute Gasteiger partial charge is 0.454 e. The van der Waals surface area contributed by atoms with Crippen molar-refractivity contribution in [2.24, 2.45) is 17.8 Å². The van der Waals surface area contributed by atoms with Gasteiger partial charge in [-0.3, -0.25) is 14.9 Å². The molecule has 5 fully saturated rings. The van der Waals surface area contributed by atoms with Crippen molar-refractivity contribution in [1.29, 1.82) is 0 Å². The highest BCUT2D eigenvalue weighted by molar-refractivity contribution is 6.22. The van der Waals surface area contributed by atoms with Gasteiger partial charge in [0.25, 0.3) is 5.91 Å². The van der Waals surface area contributed by atoms with Gasteiger partial charge in [0.15, 0.2) is 11.5 Å². The van der Waals surface area contributed by atoms with Crippen molar-refractivity contribution in [3.63, 3.8) is 0 Å². The summed E-state index contributed by atoms with van der Waals surface area (Å²) in [5.41, 5.74) is 0.643. The lowest BCUT2D eigenvalue weighted by atomic mass is 9.53. The molecule has 6 nitrogen and oxygen atoms in total. The van der Waals surface area contributed by atoms with Gasteiger partial charge in [-0.25, -0.2) is 4.90 Å². The fraction of sp³-hybridized carbons (Fsp3) is 0.619. The summed E-state index contributed by atoms with van der Waals surface area (Å²) >= 11 is 0. The van der Waals surface area contributed by atoms with Gasteiger partial charge < -0.3 is 9.47 Å². The molecule has 1 aromatic carbocycles. The van der Waals surface area contributed by atoms with E-state index in [-0.39, 0.29) is 30.6 Å². The molecule has 7 rings (SSSR count). The summed E-state index contributed by atoms with van der Waals surface area (Å²) in [4.78, 5) is 27.1. The summed E-state index contributed by atoms with van der Waals surface area (Å²) in [6, 6.07) is 4.85. The third-order valence-electron chi connectivity index (χ3n) is 7.28. The van der Waals surface area contributed by atoms with E-state index in [4.69, 9.17) is 9.47 Å². The number of nitrogens with zero attached hydrogens (tertiary/aromatic N) is 1. The van der Waals surface area contributed by atoms with Crippen LogP contribution < -0.4 is 19.7 Å². The molecule has 1 saturated heterocycles. The first-order chi connectivity index (χ1) is 13.1. The van der Waals surface area contributed by atoms with Crippen molar-refractivity contribution in [3.8, 4) is 11.5 Å². The van der Waals surface area contributed by atoms with Gasteiger partial charge in [-0.2, -0.15) is 0 Å². The van der Waals surface area contributed by atoms with Crippen molar-refractivity contribution >= 4 is 17.5 Å². The van der Waals surface area contributed by atoms with E-state index in [0.29, 0.717) is 17.2 Å². The molecule has 0 spiro atoms. The van der Waals surface area contributed by atoms with Crippen molar-refractivity contribution in [3.05, 3.63) is 18.2 Å². The number of amides is 2. The van der Waals surface area contributed by atoms with Gasteiger partial charge in [0, 0.05) is 11.6 Å². The fourth-order valence-corrected chi connectivity index (χ4v) is 6.70. The lowest BCUT2D eigenvalue weighted by Crippen LogP contribution is -2.61. The highest BCUT2D eigenvalue weighted by Gasteiger charge is 2.53. The van der Waals surface area contributed by atoms with E-state index in [9.17, 15) is 9.59 Å². The second-order valence-electron chi connectivity index (χ2n) is 9.20. The second kappa shape index (κ2) is 5.47. The van der Waals surface area contributed by atoms with Crippen molar-refractivity contribution in [2.75, 3.05) is 11.7 Å². The number of nitrogens with one attached hydrogen (secondary N) is 1. The Morgan fingerprint density at radius 1 is 0.963 bits per heavy atom. The third-order valence-corrected chi connectivity index (χ3v) is 7.28. The van der Waals surface area contributed by atoms with E-state index in [0.717, 1.165) is 17.8 Å². The van der Waals surface area contributed by atoms with Crippen LogP contribution in [0.3, 0.4) is 0 Å². The Morgan fingerprint density at radius 2 is 1.63 bits per heavy atom. The number of fused-ring (bicyclic) bond motifs is 1. The maximum atomic E-state index is 13.1. The smallest absolute Gasteiger partial charge is 0.251 e. The Bertz CT molecular complexity index is 800. The van der Waals surface area contributed by atoms with Crippen LogP contribution in [0.4, 0.5) is 5.69 Å². The number of rotatable bonds is 3. The summed E-state index contributed by atoms with van der Waals surface area (Å²) in [6.07, 6.45) is 7.84. The first-order valence-electron chi connectivity index (χ1n) is 10.1. The maximum absolute atomic E-state index is 13.1. The van der Waals surface area contributed by atoms with E-state index >= 15 is 0 Å².